The maximum atomic E-state index is 10.9. The van der Waals surface area contributed by atoms with E-state index in [2.05, 4.69) is 29.2 Å². The molecule has 6 nitrogen and oxygen atoms in total. The molecule has 0 bridgehead atoms. The third kappa shape index (κ3) is 2.97. The molecular weight excluding hydrogens is 403 g/mol. The van der Waals surface area contributed by atoms with Crippen molar-refractivity contribution in [1.82, 2.24) is 7.96 Å². The van der Waals surface area contributed by atoms with Crippen molar-refractivity contribution in [2.24, 2.45) is 0 Å². The Labute approximate surface area is 134 Å². The van der Waals surface area contributed by atoms with Crippen molar-refractivity contribution in [2.45, 2.75) is 6.54 Å². The number of benzene rings is 2. The van der Waals surface area contributed by atoms with Gasteiger partial charge in [0.1, 0.15) is 0 Å². The third-order valence-electron chi connectivity index (χ3n) is 2.98. The van der Waals surface area contributed by atoms with Gasteiger partial charge in [-0.1, -0.05) is 0 Å². The number of hydrogen-bond donors (Lipinski definition) is 1. The van der Waals surface area contributed by atoms with Gasteiger partial charge in [-0.15, -0.1) is 0 Å². The van der Waals surface area contributed by atoms with E-state index < -0.39 is 4.92 Å². The van der Waals surface area contributed by atoms with Crippen molar-refractivity contribution in [1.29, 1.82) is 0 Å². The zero-order chi connectivity index (χ0) is 14.8. The van der Waals surface area contributed by atoms with Crippen LogP contribution in [0.5, 0.6) is 0 Å². The molecule has 0 aliphatic heterocycles. The molecule has 1 N–H and O–H groups in total. The first-order valence-electron chi connectivity index (χ1n) is 6.03. The quantitative estimate of drug-likeness (QED) is 0.405. The number of anilines is 1. The van der Waals surface area contributed by atoms with Crippen molar-refractivity contribution in [3.8, 4) is 0 Å². The minimum absolute atomic E-state index is 0.0654. The predicted molar refractivity (Wildman–Crippen MR) is 84.6 cm³/mol. The second-order valence-electron chi connectivity index (χ2n) is 4.33. The molecule has 2 aromatic carbocycles. The number of rotatable bonds is 4. The monoisotopic (exact) mass is 412 g/mol. The SMILES string of the molecule is O=[N+]([O-])c1cc(CNc2cccc3n[se]nc23)ccc1Br. The first kappa shape index (κ1) is 14.2. The maximum absolute atomic E-state index is 10.9. The van der Waals surface area contributed by atoms with Gasteiger partial charge >= 0.3 is 135 Å². The van der Waals surface area contributed by atoms with E-state index in [9.17, 15) is 10.1 Å². The van der Waals surface area contributed by atoms with Gasteiger partial charge < -0.3 is 0 Å². The van der Waals surface area contributed by atoms with Crippen LogP contribution < -0.4 is 5.32 Å². The van der Waals surface area contributed by atoms with Crippen LogP contribution in [0.4, 0.5) is 11.4 Å². The van der Waals surface area contributed by atoms with Gasteiger partial charge in [0.2, 0.25) is 0 Å². The number of hydrogen-bond acceptors (Lipinski definition) is 5. The average Bonchev–Trinajstić information content (AvgIpc) is 2.95. The summed E-state index contributed by atoms with van der Waals surface area (Å²) < 4.78 is 9.19. The molecular formula is C13H9BrN4O2Se. The van der Waals surface area contributed by atoms with E-state index in [4.69, 9.17) is 0 Å². The van der Waals surface area contributed by atoms with Crippen LogP contribution in [0.25, 0.3) is 11.0 Å². The van der Waals surface area contributed by atoms with Crippen LogP contribution in [0.2, 0.25) is 0 Å². The first-order valence-corrected chi connectivity index (χ1v) is 8.35. The fourth-order valence-electron chi connectivity index (χ4n) is 1.95. The molecule has 8 heteroatoms. The summed E-state index contributed by atoms with van der Waals surface area (Å²) in [7, 11) is 0. The number of halogens is 1. The van der Waals surface area contributed by atoms with E-state index in [0.717, 1.165) is 22.3 Å². The summed E-state index contributed by atoms with van der Waals surface area (Å²) in [4.78, 5) is 10.5. The van der Waals surface area contributed by atoms with Crippen molar-refractivity contribution < 1.29 is 4.92 Å². The van der Waals surface area contributed by atoms with Gasteiger partial charge in [0.05, 0.1) is 0 Å². The van der Waals surface area contributed by atoms with E-state index in [0.29, 0.717) is 11.0 Å². The standard InChI is InChI=1S/C13H9BrN4O2Se/c14-9-5-4-8(6-12(9)18(19)20)7-15-10-2-1-3-11-13(10)17-21-16-11/h1-6,15H,7H2. The third-order valence-corrected chi connectivity index (χ3v) is 4.79. The Morgan fingerprint density at radius 2 is 2.14 bits per heavy atom. The molecule has 0 amide bonds. The molecule has 0 radical (unpaired) electrons. The zero-order valence-corrected chi connectivity index (χ0v) is 13.9. The number of nitrogens with one attached hydrogen (secondary N) is 1. The van der Waals surface area contributed by atoms with Crippen molar-refractivity contribution in [3.05, 3.63) is 56.5 Å². The second kappa shape index (κ2) is 5.93. The van der Waals surface area contributed by atoms with Crippen LogP contribution in [-0.4, -0.2) is 27.8 Å². The van der Waals surface area contributed by atoms with E-state index >= 15 is 0 Å². The molecule has 21 heavy (non-hydrogen) atoms. The normalized spacial score (nSPS) is 10.7. The molecule has 3 aromatic rings. The van der Waals surface area contributed by atoms with Crippen LogP contribution in [0.15, 0.2) is 40.9 Å². The Bertz CT molecular complexity index is 821. The topological polar surface area (TPSA) is 81.0 Å². The fraction of sp³-hybridized carbons (Fsp3) is 0.0769. The van der Waals surface area contributed by atoms with E-state index in [1.165, 1.54) is 0 Å². The molecule has 0 aliphatic rings. The molecule has 106 valence electrons. The Morgan fingerprint density at radius 3 is 2.95 bits per heavy atom. The fourth-order valence-corrected chi connectivity index (χ4v) is 3.50. The summed E-state index contributed by atoms with van der Waals surface area (Å²) in [6.45, 7) is 0.493. The van der Waals surface area contributed by atoms with Gasteiger partial charge in [-0.3, -0.25) is 0 Å². The van der Waals surface area contributed by atoms with Crippen molar-refractivity contribution in [3.63, 3.8) is 0 Å². The molecule has 0 atom stereocenters. The summed E-state index contributed by atoms with van der Waals surface area (Å²) in [5.74, 6) is 0. The average molecular weight is 412 g/mol. The zero-order valence-electron chi connectivity index (χ0n) is 10.6. The minimum atomic E-state index is -0.398. The Hall–Kier alpha value is -1.76. The van der Waals surface area contributed by atoms with Crippen LogP contribution in [0, 0.1) is 10.1 Å². The predicted octanol–water partition coefficient (Wildman–Crippen LogP) is 2.97. The number of nitro benzene ring substituents is 1. The van der Waals surface area contributed by atoms with E-state index in [-0.39, 0.29) is 20.6 Å². The van der Waals surface area contributed by atoms with E-state index in [1.807, 2.05) is 24.3 Å². The molecule has 0 fully saturated rings. The summed E-state index contributed by atoms with van der Waals surface area (Å²) in [6, 6.07) is 10.9. The molecule has 1 aromatic heterocycles. The molecule has 0 unspecified atom stereocenters. The van der Waals surface area contributed by atoms with E-state index in [1.54, 1.807) is 12.1 Å². The summed E-state index contributed by atoms with van der Waals surface area (Å²) in [6.07, 6.45) is 0. The van der Waals surface area contributed by atoms with Gasteiger partial charge in [-0.05, 0) is 0 Å². The van der Waals surface area contributed by atoms with Gasteiger partial charge in [-0.2, -0.15) is 0 Å². The first-order chi connectivity index (χ1) is 10.1. The van der Waals surface area contributed by atoms with Crippen LogP contribution >= 0.6 is 15.9 Å². The number of fused-ring (bicyclic) bond motifs is 1. The molecule has 0 saturated heterocycles. The van der Waals surface area contributed by atoms with Gasteiger partial charge in [0.25, 0.3) is 0 Å². The molecule has 3 rings (SSSR count). The Morgan fingerprint density at radius 1 is 1.29 bits per heavy atom. The molecule has 1 heterocycles. The van der Waals surface area contributed by atoms with Crippen LogP contribution in [0.3, 0.4) is 0 Å². The number of aromatic nitrogens is 2. The summed E-state index contributed by atoms with van der Waals surface area (Å²) >= 11 is 3.11. The van der Waals surface area contributed by atoms with Crippen molar-refractivity contribution >= 4 is 53.3 Å². The Kier molecular flexibility index (Phi) is 4.01. The van der Waals surface area contributed by atoms with Gasteiger partial charge in [0, 0.05) is 0 Å². The second-order valence-corrected chi connectivity index (χ2v) is 6.30. The molecule has 0 aliphatic carbocycles. The summed E-state index contributed by atoms with van der Waals surface area (Å²) in [5, 5.41) is 14.2. The summed E-state index contributed by atoms with van der Waals surface area (Å²) in [5.41, 5.74) is 3.59. The van der Waals surface area contributed by atoms with Crippen LogP contribution in [0.1, 0.15) is 5.56 Å². The number of nitrogens with zero attached hydrogens (tertiary/aromatic N) is 3. The van der Waals surface area contributed by atoms with Crippen molar-refractivity contribution in [2.75, 3.05) is 5.32 Å². The molecule has 0 spiro atoms. The molecule has 0 saturated carbocycles. The Balaban J connectivity index is 1.83. The van der Waals surface area contributed by atoms with Gasteiger partial charge in [-0.25, -0.2) is 0 Å². The van der Waals surface area contributed by atoms with Gasteiger partial charge in [0.15, 0.2) is 0 Å². The number of nitro groups is 1. The van der Waals surface area contributed by atoms with Crippen LogP contribution in [-0.2, 0) is 6.54 Å².